The summed E-state index contributed by atoms with van der Waals surface area (Å²) in [5.74, 6) is -1.27. The molecule has 1 saturated carbocycles. The van der Waals surface area contributed by atoms with Gasteiger partial charge in [0.2, 0.25) is 0 Å². The third-order valence-corrected chi connectivity index (χ3v) is 5.12. The molecule has 21 heavy (non-hydrogen) atoms. The SMILES string of the molecule is O=C(NCC1(CBr)CCCC1)c1cc(F)cc([N+](=O)[O-])c1. The molecule has 1 aliphatic rings. The molecule has 0 radical (unpaired) electrons. The summed E-state index contributed by atoms with van der Waals surface area (Å²) in [6.45, 7) is 0.487. The molecule has 0 aliphatic heterocycles. The standard InChI is InChI=1S/C14H16BrFN2O3/c15-8-14(3-1-2-4-14)9-17-13(19)10-5-11(16)7-12(6-10)18(20)21/h5-7H,1-4,8-9H2,(H,17,19). The molecule has 2 rings (SSSR count). The number of hydrogen-bond donors (Lipinski definition) is 1. The van der Waals surface area contributed by atoms with Crippen LogP contribution in [0.15, 0.2) is 18.2 Å². The quantitative estimate of drug-likeness (QED) is 0.497. The van der Waals surface area contributed by atoms with Crippen LogP contribution in [0.25, 0.3) is 0 Å². The molecule has 114 valence electrons. The van der Waals surface area contributed by atoms with Crippen molar-refractivity contribution in [1.29, 1.82) is 0 Å². The minimum atomic E-state index is -0.787. The third-order valence-electron chi connectivity index (χ3n) is 3.93. The zero-order valence-electron chi connectivity index (χ0n) is 11.4. The van der Waals surface area contributed by atoms with Crippen molar-refractivity contribution in [1.82, 2.24) is 5.32 Å². The Labute approximate surface area is 130 Å². The molecule has 1 aliphatic carbocycles. The van der Waals surface area contributed by atoms with E-state index in [2.05, 4.69) is 21.2 Å². The van der Waals surface area contributed by atoms with Crippen LogP contribution in [0, 0.1) is 21.3 Å². The molecule has 0 saturated heterocycles. The molecule has 7 heteroatoms. The van der Waals surface area contributed by atoms with Gasteiger partial charge in [0.05, 0.1) is 11.0 Å². The Morgan fingerprint density at radius 3 is 2.62 bits per heavy atom. The second-order valence-corrected chi connectivity index (χ2v) is 6.04. The van der Waals surface area contributed by atoms with Crippen molar-refractivity contribution in [3.05, 3.63) is 39.7 Å². The zero-order chi connectivity index (χ0) is 15.5. The minimum Gasteiger partial charge on any atom is -0.351 e. The molecule has 1 amide bonds. The number of benzene rings is 1. The normalized spacial score (nSPS) is 16.7. The van der Waals surface area contributed by atoms with Gasteiger partial charge in [0, 0.05) is 23.5 Å². The maximum atomic E-state index is 13.3. The van der Waals surface area contributed by atoms with Gasteiger partial charge in [-0.05, 0) is 24.3 Å². The van der Waals surface area contributed by atoms with Crippen molar-refractivity contribution >= 4 is 27.5 Å². The number of carbonyl (C=O) groups is 1. The maximum absolute atomic E-state index is 13.3. The fourth-order valence-electron chi connectivity index (χ4n) is 2.66. The van der Waals surface area contributed by atoms with Crippen LogP contribution < -0.4 is 5.32 Å². The van der Waals surface area contributed by atoms with E-state index in [1.165, 1.54) is 0 Å². The number of rotatable bonds is 5. The van der Waals surface area contributed by atoms with Crippen molar-refractivity contribution in [2.75, 3.05) is 11.9 Å². The van der Waals surface area contributed by atoms with Crippen molar-refractivity contribution in [2.24, 2.45) is 5.41 Å². The molecule has 0 bridgehead atoms. The summed E-state index contributed by atoms with van der Waals surface area (Å²) in [4.78, 5) is 22.1. The summed E-state index contributed by atoms with van der Waals surface area (Å²) in [7, 11) is 0. The summed E-state index contributed by atoms with van der Waals surface area (Å²) >= 11 is 3.48. The second kappa shape index (κ2) is 6.51. The largest absolute Gasteiger partial charge is 0.351 e. The molecule has 0 spiro atoms. The lowest BCUT2D eigenvalue weighted by Gasteiger charge is -2.26. The van der Waals surface area contributed by atoms with E-state index in [1.807, 2.05) is 0 Å². The smallest absolute Gasteiger partial charge is 0.273 e. The Morgan fingerprint density at radius 1 is 1.38 bits per heavy atom. The van der Waals surface area contributed by atoms with Gasteiger partial charge in [-0.2, -0.15) is 0 Å². The van der Waals surface area contributed by atoms with Gasteiger partial charge in [0.25, 0.3) is 11.6 Å². The average Bonchev–Trinajstić information content (AvgIpc) is 2.93. The van der Waals surface area contributed by atoms with Gasteiger partial charge in [-0.15, -0.1) is 0 Å². The Hall–Kier alpha value is -1.50. The van der Waals surface area contributed by atoms with Crippen molar-refractivity contribution in [3.8, 4) is 0 Å². The second-order valence-electron chi connectivity index (χ2n) is 5.48. The number of non-ortho nitro benzene ring substituents is 1. The number of carbonyl (C=O) groups excluding carboxylic acids is 1. The minimum absolute atomic E-state index is 0.0237. The summed E-state index contributed by atoms with van der Waals surface area (Å²) in [6.07, 6.45) is 4.32. The van der Waals surface area contributed by atoms with Gasteiger partial charge in [-0.25, -0.2) is 4.39 Å². The van der Waals surface area contributed by atoms with Gasteiger partial charge in [-0.1, -0.05) is 28.8 Å². The lowest BCUT2D eigenvalue weighted by molar-refractivity contribution is -0.385. The molecule has 1 aromatic rings. The van der Waals surface area contributed by atoms with E-state index in [1.54, 1.807) is 0 Å². The molecule has 1 aromatic carbocycles. The number of nitro benzene ring substituents is 1. The number of hydrogen-bond acceptors (Lipinski definition) is 3. The highest BCUT2D eigenvalue weighted by atomic mass is 79.9. The molecule has 5 nitrogen and oxygen atoms in total. The van der Waals surface area contributed by atoms with Gasteiger partial charge >= 0.3 is 0 Å². The van der Waals surface area contributed by atoms with Crippen LogP contribution >= 0.6 is 15.9 Å². The first-order valence-corrected chi connectivity index (χ1v) is 7.87. The maximum Gasteiger partial charge on any atom is 0.273 e. The molecule has 0 heterocycles. The number of nitro groups is 1. The van der Waals surface area contributed by atoms with Crippen LogP contribution in [-0.2, 0) is 0 Å². The van der Waals surface area contributed by atoms with E-state index in [0.717, 1.165) is 49.2 Å². The predicted molar refractivity (Wildman–Crippen MR) is 80.1 cm³/mol. The number of nitrogens with one attached hydrogen (secondary N) is 1. The van der Waals surface area contributed by atoms with Crippen LogP contribution in [0.3, 0.4) is 0 Å². The molecule has 1 N–H and O–H groups in total. The Kier molecular flexibility index (Phi) is 4.92. The Balaban J connectivity index is 2.08. The van der Waals surface area contributed by atoms with Crippen LogP contribution in [0.5, 0.6) is 0 Å². The highest BCUT2D eigenvalue weighted by molar-refractivity contribution is 9.09. The van der Waals surface area contributed by atoms with Gasteiger partial charge in [0.15, 0.2) is 0 Å². The van der Waals surface area contributed by atoms with E-state index < -0.39 is 22.3 Å². The van der Waals surface area contributed by atoms with Crippen LogP contribution in [-0.4, -0.2) is 22.7 Å². The zero-order valence-corrected chi connectivity index (χ0v) is 13.0. The van der Waals surface area contributed by atoms with Crippen LogP contribution in [0.2, 0.25) is 0 Å². The van der Waals surface area contributed by atoms with E-state index in [0.29, 0.717) is 6.54 Å². The summed E-state index contributed by atoms with van der Waals surface area (Å²) < 4.78 is 13.3. The monoisotopic (exact) mass is 358 g/mol. The fraction of sp³-hybridized carbons (Fsp3) is 0.500. The van der Waals surface area contributed by atoms with Gasteiger partial charge in [-0.3, -0.25) is 14.9 Å². The molecule has 0 atom stereocenters. The van der Waals surface area contributed by atoms with E-state index in [9.17, 15) is 19.3 Å². The van der Waals surface area contributed by atoms with Gasteiger partial charge < -0.3 is 5.32 Å². The lowest BCUT2D eigenvalue weighted by Crippen LogP contribution is -2.37. The van der Waals surface area contributed by atoms with Crippen molar-refractivity contribution in [3.63, 3.8) is 0 Å². The Morgan fingerprint density at radius 2 is 2.05 bits per heavy atom. The molecular weight excluding hydrogens is 343 g/mol. The molecule has 0 aromatic heterocycles. The van der Waals surface area contributed by atoms with E-state index in [4.69, 9.17) is 0 Å². The molecule has 1 fully saturated rings. The summed E-state index contributed by atoms with van der Waals surface area (Å²) in [6, 6.07) is 2.90. The van der Waals surface area contributed by atoms with Crippen LogP contribution in [0.1, 0.15) is 36.0 Å². The predicted octanol–water partition coefficient (Wildman–Crippen LogP) is 3.42. The van der Waals surface area contributed by atoms with Crippen LogP contribution in [0.4, 0.5) is 10.1 Å². The Bertz CT molecular complexity index is 559. The highest BCUT2D eigenvalue weighted by Crippen LogP contribution is 2.39. The number of amides is 1. The average molecular weight is 359 g/mol. The first-order chi connectivity index (χ1) is 9.96. The van der Waals surface area contributed by atoms with Crippen molar-refractivity contribution in [2.45, 2.75) is 25.7 Å². The third kappa shape index (κ3) is 3.78. The molecular formula is C14H16BrFN2O3. The van der Waals surface area contributed by atoms with Gasteiger partial charge in [0.1, 0.15) is 5.82 Å². The number of nitrogens with zero attached hydrogens (tertiary/aromatic N) is 1. The first-order valence-electron chi connectivity index (χ1n) is 6.75. The lowest BCUT2D eigenvalue weighted by atomic mass is 9.89. The summed E-state index contributed by atoms with van der Waals surface area (Å²) in [5, 5.41) is 14.3. The first kappa shape index (κ1) is 15.9. The topological polar surface area (TPSA) is 72.2 Å². The van der Waals surface area contributed by atoms with E-state index in [-0.39, 0.29) is 11.0 Å². The highest BCUT2D eigenvalue weighted by Gasteiger charge is 2.33. The number of alkyl halides is 1. The summed E-state index contributed by atoms with van der Waals surface area (Å²) in [5.41, 5.74) is -0.407. The number of halogens is 2. The molecule has 0 unspecified atom stereocenters. The fourth-order valence-corrected chi connectivity index (χ4v) is 3.42. The van der Waals surface area contributed by atoms with E-state index >= 15 is 0 Å². The van der Waals surface area contributed by atoms with Crippen molar-refractivity contribution < 1.29 is 14.1 Å².